The van der Waals surface area contributed by atoms with E-state index in [4.69, 9.17) is 14.0 Å². The zero-order chi connectivity index (χ0) is 20.1. The van der Waals surface area contributed by atoms with Crippen LogP contribution in [0.4, 0.5) is 17.3 Å². The number of esters is 1. The molecule has 0 radical (unpaired) electrons. The summed E-state index contributed by atoms with van der Waals surface area (Å²) >= 11 is 0. The lowest BCUT2D eigenvalue weighted by molar-refractivity contribution is -0.384. The Balaban J connectivity index is 1.65. The molecule has 2 heterocycles. The van der Waals surface area contributed by atoms with Crippen LogP contribution in [0.1, 0.15) is 16.1 Å². The average Bonchev–Trinajstić information content (AvgIpc) is 3.10. The molecule has 11 heteroatoms. The van der Waals surface area contributed by atoms with E-state index in [0.29, 0.717) is 37.7 Å². The zero-order valence-electron chi connectivity index (χ0n) is 15.0. The summed E-state index contributed by atoms with van der Waals surface area (Å²) in [6.07, 6.45) is 0. The Labute approximate surface area is 159 Å². The number of amides is 1. The molecule has 148 valence electrons. The van der Waals surface area contributed by atoms with E-state index >= 15 is 0 Å². The monoisotopic (exact) mass is 390 g/mol. The van der Waals surface area contributed by atoms with E-state index in [1.165, 1.54) is 18.2 Å². The van der Waals surface area contributed by atoms with Crippen LogP contribution in [0.3, 0.4) is 0 Å². The van der Waals surface area contributed by atoms with Crippen molar-refractivity contribution < 1.29 is 28.5 Å². The van der Waals surface area contributed by atoms with Gasteiger partial charge in [0.25, 0.3) is 11.6 Å². The van der Waals surface area contributed by atoms with Gasteiger partial charge < -0.3 is 18.9 Å². The van der Waals surface area contributed by atoms with E-state index < -0.39 is 23.4 Å². The molecule has 28 heavy (non-hydrogen) atoms. The van der Waals surface area contributed by atoms with Crippen molar-refractivity contribution >= 4 is 29.1 Å². The number of aryl methyl sites for hydroxylation is 1. The van der Waals surface area contributed by atoms with Gasteiger partial charge in [-0.25, -0.2) is 4.79 Å². The third-order valence-electron chi connectivity index (χ3n) is 3.98. The second-order valence-corrected chi connectivity index (χ2v) is 6.02. The highest BCUT2D eigenvalue weighted by atomic mass is 16.6. The number of aromatic nitrogens is 1. The first-order valence-electron chi connectivity index (χ1n) is 8.45. The van der Waals surface area contributed by atoms with Crippen molar-refractivity contribution in [3.05, 3.63) is 45.6 Å². The molecule has 1 aromatic heterocycles. The summed E-state index contributed by atoms with van der Waals surface area (Å²) < 4.78 is 15.0. The van der Waals surface area contributed by atoms with Crippen molar-refractivity contribution in [1.29, 1.82) is 0 Å². The Morgan fingerprint density at radius 3 is 2.71 bits per heavy atom. The van der Waals surface area contributed by atoms with E-state index in [2.05, 4.69) is 10.5 Å². The number of nitrogens with zero attached hydrogens (tertiary/aromatic N) is 3. The number of ether oxygens (including phenoxy) is 2. The van der Waals surface area contributed by atoms with Crippen molar-refractivity contribution in [2.24, 2.45) is 0 Å². The highest BCUT2D eigenvalue weighted by molar-refractivity contribution is 5.95. The lowest BCUT2D eigenvalue weighted by Crippen LogP contribution is -2.36. The van der Waals surface area contributed by atoms with Crippen molar-refractivity contribution in [1.82, 2.24) is 5.16 Å². The molecule has 0 saturated carbocycles. The van der Waals surface area contributed by atoms with Crippen LogP contribution in [-0.4, -0.2) is 54.9 Å². The van der Waals surface area contributed by atoms with Crippen LogP contribution in [0.15, 0.2) is 28.8 Å². The number of anilines is 2. The first-order chi connectivity index (χ1) is 13.4. The van der Waals surface area contributed by atoms with Crippen LogP contribution < -0.4 is 10.2 Å². The van der Waals surface area contributed by atoms with Gasteiger partial charge in [-0.3, -0.25) is 20.2 Å². The summed E-state index contributed by atoms with van der Waals surface area (Å²) in [7, 11) is 0. The number of hydrogen-bond acceptors (Lipinski definition) is 9. The molecule has 1 aliphatic heterocycles. The lowest BCUT2D eigenvalue weighted by Gasteiger charge is -2.28. The van der Waals surface area contributed by atoms with Gasteiger partial charge >= 0.3 is 5.97 Å². The molecule has 0 unspecified atom stereocenters. The smallest absolute Gasteiger partial charge is 0.338 e. The third-order valence-corrected chi connectivity index (χ3v) is 3.98. The van der Waals surface area contributed by atoms with E-state index in [9.17, 15) is 19.7 Å². The molecule has 1 aromatic carbocycles. The zero-order valence-corrected chi connectivity index (χ0v) is 15.0. The molecule has 1 N–H and O–H groups in total. The van der Waals surface area contributed by atoms with Gasteiger partial charge in [0.05, 0.1) is 29.4 Å². The fourth-order valence-electron chi connectivity index (χ4n) is 2.68. The number of rotatable bonds is 6. The molecule has 2 aromatic rings. The molecule has 11 nitrogen and oxygen atoms in total. The van der Waals surface area contributed by atoms with E-state index in [1.807, 2.05) is 4.90 Å². The first-order valence-corrected chi connectivity index (χ1v) is 8.45. The van der Waals surface area contributed by atoms with Crippen molar-refractivity contribution in [3.8, 4) is 0 Å². The molecule has 1 fully saturated rings. The fraction of sp³-hybridized carbons (Fsp3) is 0.353. The van der Waals surface area contributed by atoms with Crippen LogP contribution in [-0.2, 0) is 14.3 Å². The molecule has 3 rings (SSSR count). The third kappa shape index (κ3) is 4.62. The molecular weight excluding hydrogens is 372 g/mol. The predicted octanol–water partition coefficient (Wildman–Crippen LogP) is 1.52. The molecule has 0 aliphatic carbocycles. The maximum Gasteiger partial charge on any atom is 0.338 e. The minimum absolute atomic E-state index is 0.0213. The second-order valence-electron chi connectivity index (χ2n) is 6.02. The Kier molecular flexibility index (Phi) is 5.84. The van der Waals surface area contributed by atoms with Crippen LogP contribution in [0.5, 0.6) is 0 Å². The molecule has 1 amide bonds. The number of benzene rings is 1. The van der Waals surface area contributed by atoms with E-state index in [1.54, 1.807) is 6.92 Å². The van der Waals surface area contributed by atoms with E-state index in [0.717, 1.165) is 6.07 Å². The van der Waals surface area contributed by atoms with Crippen LogP contribution in [0.2, 0.25) is 0 Å². The van der Waals surface area contributed by atoms with Crippen molar-refractivity contribution in [2.75, 3.05) is 43.1 Å². The number of nitro benzene ring substituents is 1. The summed E-state index contributed by atoms with van der Waals surface area (Å²) in [5.41, 5.74) is 0.758. The molecular formula is C17H18N4O7. The Bertz CT molecular complexity index is 889. The SMILES string of the molecule is Cc1cc(NC(=O)COC(=O)c2ccc(N3CCOCC3)c([N+](=O)[O-])c2)on1. The van der Waals surface area contributed by atoms with Gasteiger partial charge in [0.2, 0.25) is 5.88 Å². The van der Waals surface area contributed by atoms with Gasteiger partial charge in [0.1, 0.15) is 5.69 Å². The lowest BCUT2D eigenvalue weighted by atomic mass is 10.1. The molecule has 0 spiro atoms. The van der Waals surface area contributed by atoms with Crippen LogP contribution in [0, 0.1) is 17.0 Å². The van der Waals surface area contributed by atoms with Gasteiger partial charge in [-0.05, 0) is 19.1 Å². The number of nitro groups is 1. The Morgan fingerprint density at radius 2 is 2.07 bits per heavy atom. The fourth-order valence-corrected chi connectivity index (χ4v) is 2.68. The van der Waals surface area contributed by atoms with Crippen LogP contribution in [0.25, 0.3) is 0 Å². The normalized spacial score (nSPS) is 13.8. The Morgan fingerprint density at radius 1 is 1.32 bits per heavy atom. The summed E-state index contributed by atoms with van der Waals surface area (Å²) in [5.74, 6) is -1.34. The van der Waals surface area contributed by atoms with Gasteiger partial charge in [0.15, 0.2) is 6.61 Å². The predicted molar refractivity (Wildman–Crippen MR) is 96.3 cm³/mol. The summed E-state index contributed by atoms with van der Waals surface area (Å²) in [6, 6.07) is 5.58. The first kappa shape index (κ1) is 19.3. The van der Waals surface area contributed by atoms with Gasteiger partial charge in [-0.2, -0.15) is 0 Å². The number of nitrogens with one attached hydrogen (secondary N) is 1. The largest absolute Gasteiger partial charge is 0.452 e. The average molecular weight is 390 g/mol. The highest BCUT2D eigenvalue weighted by Gasteiger charge is 2.24. The van der Waals surface area contributed by atoms with Crippen molar-refractivity contribution in [3.63, 3.8) is 0 Å². The summed E-state index contributed by atoms with van der Waals surface area (Å²) in [4.78, 5) is 36.7. The highest BCUT2D eigenvalue weighted by Crippen LogP contribution is 2.30. The quantitative estimate of drug-likeness (QED) is 0.442. The minimum atomic E-state index is -0.847. The number of hydrogen-bond donors (Lipinski definition) is 1. The van der Waals surface area contributed by atoms with Gasteiger partial charge in [0, 0.05) is 25.2 Å². The standard InChI is InChI=1S/C17H18N4O7/c1-11-8-16(28-19-11)18-15(22)10-27-17(23)12-2-3-13(14(9-12)21(24)25)20-4-6-26-7-5-20/h2-3,8-9H,4-7,10H2,1H3,(H,18,22). The molecule has 1 aliphatic rings. The topological polar surface area (TPSA) is 137 Å². The number of morpholine rings is 1. The van der Waals surface area contributed by atoms with Crippen molar-refractivity contribution in [2.45, 2.75) is 6.92 Å². The Hall–Kier alpha value is -3.47. The number of carbonyl (C=O) groups is 2. The van der Waals surface area contributed by atoms with Crippen LogP contribution >= 0.6 is 0 Å². The maximum atomic E-state index is 12.2. The van der Waals surface area contributed by atoms with Gasteiger partial charge in [-0.1, -0.05) is 5.16 Å². The molecule has 0 atom stereocenters. The number of carbonyl (C=O) groups excluding carboxylic acids is 2. The summed E-state index contributed by atoms with van der Waals surface area (Å²) in [5, 5.41) is 17.4. The van der Waals surface area contributed by atoms with E-state index in [-0.39, 0.29) is 17.1 Å². The maximum absolute atomic E-state index is 12.2. The molecule has 0 bridgehead atoms. The molecule has 1 saturated heterocycles. The van der Waals surface area contributed by atoms with Gasteiger partial charge in [-0.15, -0.1) is 0 Å². The second kappa shape index (κ2) is 8.48. The minimum Gasteiger partial charge on any atom is -0.452 e. The summed E-state index contributed by atoms with van der Waals surface area (Å²) in [6.45, 7) is 3.10.